The number of carbonyl (C=O) groups excluding carboxylic acids is 2. The molecule has 3 N–H and O–H groups in total. The number of ether oxygens (including phenoxy) is 1. The Hall–Kier alpha value is -1.66. The number of aliphatic hydroxyl groups is 2. The number of esters is 1. The van der Waals surface area contributed by atoms with Crippen molar-refractivity contribution in [1.82, 2.24) is 5.32 Å². The van der Waals surface area contributed by atoms with Crippen LogP contribution in [0, 0.1) is 0 Å². The van der Waals surface area contributed by atoms with Crippen LogP contribution in [-0.4, -0.2) is 47.4 Å². The molecule has 6 nitrogen and oxygen atoms in total. The third-order valence-corrected chi connectivity index (χ3v) is 11.0. The second kappa shape index (κ2) is 45.0. The van der Waals surface area contributed by atoms with Gasteiger partial charge in [-0.3, -0.25) is 9.59 Å². The standard InChI is InChI=1S/C49H93NO5/c1-3-5-7-9-11-13-15-17-18-19-23-27-31-35-39-43-49(54)55-44-40-36-32-28-24-20-22-26-30-34-38-42-48(53)50-46(45-51)47(52)41-37-33-29-25-21-16-14-12-10-8-6-4-2/h24,28,37,41,46-47,51-52H,3-23,25-27,29-36,38-40,42-45H2,1-2H3,(H,50,53)/b28-24-,41-37+. The van der Waals surface area contributed by atoms with Crippen LogP contribution in [0.1, 0.15) is 251 Å². The number of hydrogen-bond acceptors (Lipinski definition) is 5. The van der Waals surface area contributed by atoms with Crippen molar-refractivity contribution in [2.45, 2.75) is 264 Å². The van der Waals surface area contributed by atoms with Crippen LogP contribution in [0.5, 0.6) is 0 Å². The lowest BCUT2D eigenvalue weighted by Crippen LogP contribution is -2.45. The highest BCUT2D eigenvalue weighted by Gasteiger charge is 2.18. The number of unbranched alkanes of at least 4 members (excludes halogenated alkanes) is 31. The number of hydrogen-bond donors (Lipinski definition) is 3. The van der Waals surface area contributed by atoms with Crippen LogP contribution >= 0.6 is 0 Å². The van der Waals surface area contributed by atoms with Crippen LogP contribution in [0.3, 0.4) is 0 Å². The van der Waals surface area contributed by atoms with Gasteiger partial charge >= 0.3 is 5.97 Å². The molecule has 0 aromatic heterocycles. The first-order valence-electron chi connectivity index (χ1n) is 24.1. The van der Waals surface area contributed by atoms with Gasteiger partial charge in [-0.2, -0.15) is 0 Å². The zero-order valence-electron chi connectivity index (χ0n) is 36.7. The summed E-state index contributed by atoms with van der Waals surface area (Å²) in [5, 5.41) is 22.9. The van der Waals surface area contributed by atoms with Gasteiger partial charge < -0.3 is 20.3 Å². The summed E-state index contributed by atoms with van der Waals surface area (Å²) >= 11 is 0. The summed E-state index contributed by atoms with van der Waals surface area (Å²) in [5.74, 6) is -0.129. The molecular formula is C49H93NO5. The molecule has 0 heterocycles. The molecule has 6 heteroatoms. The Morgan fingerprint density at radius 1 is 0.491 bits per heavy atom. The van der Waals surface area contributed by atoms with E-state index in [4.69, 9.17) is 4.74 Å². The quantitative estimate of drug-likeness (QED) is 0.0325. The van der Waals surface area contributed by atoms with Gasteiger partial charge in [0.15, 0.2) is 0 Å². The first-order chi connectivity index (χ1) is 27.0. The van der Waals surface area contributed by atoms with E-state index in [1.807, 2.05) is 6.08 Å². The maximum atomic E-state index is 12.4. The molecule has 0 radical (unpaired) electrons. The molecular weight excluding hydrogens is 683 g/mol. The summed E-state index contributed by atoms with van der Waals surface area (Å²) in [5.41, 5.74) is 0. The van der Waals surface area contributed by atoms with Gasteiger partial charge in [0.05, 0.1) is 25.4 Å². The average molecular weight is 776 g/mol. The van der Waals surface area contributed by atoms with E-state index in [1.165, 1.54) is 141 Å². The lowest BCUT2D eigenvalue weighted by atomic mass is 10.0. The van der Waals surface area contributed by atoms with Gasteiger partial charge in [0.1, 0.15) is 0 Å². The maximum absolute atomic E-state index is 12.4. The Morgan fingerprint density at radius 3 is 1.29 bits per heavy atom. The molecule has 0 aliphatic carbocycles. The zero-order valence-corrected chi connectivity index (χ0v) is 36.7. The van der Waals surface area contributed by atoms with Gasteiger partial charge in [0.25, 0.3) is 0 Å². The monoisotopic (exact) mass is 776 g/mol. The predicted octanol–water partition coefficient (Wildman–Crippen LogP) is 14.0. The normalized spacial score (nSPS) is 12.9. The molecule has 0 saturated heterocycles. The molecule has 0 aromatic carbocycles. The Labute approximate surface area is 341 Å². The lowest BCUT2D eigenvalue weighted by molar-refractivity contribution is -0.143. The van der Waals surface area contributed by atoms with E-state index in [9.17, 15) is 19.8 Å². The van der Waals surface area contributed by atoms with E-state index in [0.717, 1.165) is 83.5 Å². The molecule has 0 rings (SSSR count). The van der Waals surface area contributed by atoms with Crippen LogP contribution in [-0.2, 0) is 14.3 Å². The van der Waals surface area contributed by atoms with E-state index in [-0.39, 0.29) is 18.5 Å². The molecule has 0 bridgehead atoms. The number of rotatable bonds is 44. The first-order valence-corrected chi connectivity index (χ1v) is 24.1. The zero-order chi connectivity index (χ0) is 40.1. The fourth-order valence-corrected chi connectivity index (χ4v) is 7.21. The Morgan fingerprint density at radius 2 is 0.855 bits per heavy atom. The molecule has 0 fully saturated rings. The van der Waals surface area contributed by atoms with Crippen LogP contribution in [0.15, 0.2) is 24.3 Å². The van der Waals surface area contributed by atoms with Gasteiger partial charge in [-0.05, 0) is 57.8 Å². The van der Waals surface area contributed by atoms with Crippen molar-refractivity contribution in [1.29, 1.82) is 0 Å². The van der Waals surface area contributed by atoms with E-state index in [1.54, 1.807) is 6.08 Å². The summed E-state index contributed by atoms with van der Waals surface area (Å²) in [6.07, 6.45) is 51.7. The van der Waals surface area contributed by atoms with Crippen LogP contribution < -0.4 is 5.32 Å². The van der Waals surface area contributed by atoms with Gasteiger partial charge in [0.2, 0.25) is 5.91 Å². The van der Waals surface area contributed by atoms with Crippen molar-refractivity contribution in [2.24, 2.45) is 0 Å². The van der Waals surface area contributed by atoms with Crippen molar-refractivity contribution >= 4 is 11.9 Å². The van der Waals surface area contributed by atoms with Crippen LogP contribution in [0.4, 0.5) is 0 Å². The minimum absolute atomic E-state index is 0.0309. The maximum Gasteiger partial charge on any atom is 0.305 e. The smallest absolute Gasteiger partial charge is 0.305 e. The molecule has 0 spiro atoms. The van der Waals surface area contributed by atoms with Gasteiger partial charge in [-0.15, -0.1) is 0 Å². The van der Waals surface area contributed by atoms with Crippen LogP contribution in [0.25, 0.3) is 0 Å². The molecule has 55 heavy (non-hydrogen) atoms. The van der Waals surface area contributed by atoms with Gasteiger partial charge in [0, 0.05) is 12.8 Å². The van der Waals surface area contributed by atoms with Crippen molar-refractivity contribution in [2.75, 3.05) is 13.2 Å². The molecule has 2 unspecified atom stereocenters. The summed E-state index contributed by atoms with van der Waals surface area (Å²) in [6.45, 7) is 4.81. The van der Waals surface area contributed by atoms with Crippen molar-refractivity contribution < 1.29 is 24.5 Å². The molecule has 324 valence electrons. The molecule has 2 atom stereocenters. The van der Waals surface area contributed by atoms with Gasteiger partial charge in [-0.25, -0.2) is 0 Å². The van der Waals surface area contributed by atoms with E-state index >= 15 is 0 Å². The molecule has 0 aromatic rings. The topological polar surface area (TPSA) is 95.9 Å². The summed E-state index contributed by atoms with van der Waals surface area (Å²) in [6, 6.07) is -0.646. The lowest BCUT2D eigenvalue weighted by Gasteiger charge is -2.20. The molecule has 0 aliphatic heterocycles. The third kappa shape index (κ3) is 41.8. The molecule has 0 aliphatic rings. The Balaban J connectivity index is 3.54. The van der Waals surface area contributed by atoms with E-state index in [2.05, 4.69) is 31.3 Å². The number of carbonyl (C=O) groups is 2. The van der Waals surface area contributed by atoms with E-state index in [0.29, 0.717) is 19.4 Å². The Kier molecular flexibility index (Phi) is 43.7. The van der Waals surface area contributed by atoms with Gasteiger partial charge in [-0.1, -0.05) is 205 Å². The number of aliphatic hydroxyl groups excluding tert-OH is 2. The van der Waals surface area contributed by atoms with E-state index < -0.39 is 12.1 Å². The van der Waals surface area contributed by atoms with Crippen molar-refractivity contribution in [3.05, 3.63) is 24.3 Å². The second-order valence-electron chi connectivity index (χ2n) is 16.4. The predicted molar refractivity (Wildman–Crippen MR) is 236 cm³/mol. The second-order valence-corrected chi connectivity index (χ2v) is 16.4. The fraction of sp³-hybridized carbons (Fsp3) is 0.878. The summed E-state index contributed by atoms with van der Waals surface area (Å²) < 4.78 is 5.43. The highest BCUT2D eigenvalue weighted by molar-refractivity contribution is 5.76. The van der Waals surface area contributed by atoms with Crippen molar-refractivity contribution in [3.8, 4) is 0 Å². The number of nitrogens with one attached hydrogen (secondary N) is 1. The highest BCUT2D eigenvalue weighted by Crippen LogP contribution is 2.15. The summed E-state index contributed by atoms with van der Waals surface area (Å²) in [4.78, 5) is 24.4. The molecule has 1 amide bonds. The minimum Gasteiger partial charge on any atom is -0.466 e. The van der Waals surface area contributed by atoms with Crippen LogP contribution in [0.2, 0.25) is 0 Å². The Bertz CT molecular complexity index is 858. The minimum atomic E-state index is -0.860. The first kappa shape index (κ1) is 53.3. The fourth-order valence-electron chi connectivity index (χ4n) is 7.21. The third-order valence-electron chi connectivity index (χ3n) is 11.0. The largest absolute Gasteiger partial charge is 0.466 e. The highest BCUT2D eigenvalue weighted by atomic mass is 16.5. The summed E-state index contributed by atoms with van der Waals surface area (Å²) in [7, 11) is 0. The SMILES string of the molecule is CCCCCCCCCCCC/C=C/C(O)C(CO)NC(=O)CCCCCCC/C=C\CCCCOC(=O)CCCCCCCCCCCCCCCCC. The van der Waals surface area contributed by atoms with Crippen molar-refractivity contribution in [3.63, 3.8) is 0 Å². The number of amides is 1. The molecule has 0 saturated carbocycles. The average Bonchev–Trinajstić information content (AvgIpc) is 3.18. The number of allylic oxidation sites excluding steroid dienone is 3.